The van der Waals surface area contributed by atoms with E-state index >= 15 is 0 Å². The summed E-state index contributed by atoms with van der Waals surface area (Å²) in [6.45, 7) is 6.36. The molecule has 0 saturated carbocycles. The van der Waals surface area contributed by atoms with Crippen LogP contribution in [0.3, 0.4) is 0 Å². The van der Waals surface area contributed by atoms with Crippen LogP contribution < -0.4 is 5.32 Å². The first-order chi connectivity index (χ1) is 9.47. The summed E-state index contributed by atoms with van der Waals surface area (Å²) in [4.78, 5) is 14.6. The Bertz CT molecular complexity index is 620. The average molecular weight is 275 g/mol. The third-order valence-electron chi connectivity index (χ3n) is 2.89. The lowest BCUT2D eigenvalue weighted by Gasteiger charge is -2.04. The van der Waals surface area contributed by atoms with Crippen LogP contribution in [-0.4, -0.2) is 15.9 Å². The first-order valence-corrected chi connectivity index (χ1v) is 6.41. The fourth-order valence-electron chi connectivity index (χ4n) is 1.83. The van der Waals surface area contributed by atoms with Crippen LogP contribution >= 0.6 is 0 Å². The highest BCUT2D eigenvalue weighted by Crippen LogP contribution is 2.26. The topological polar surface area (TPSA) is 81.2 Å². The Morgan fingerprint density at radius 3 is 2.80 bits per heavy atom. The van der Waals surface area contributed by atoms with Crippen molar-refractivity contribution in [3.63, 3.8) is 0 Å². The highest BCUT2D eigenvalue weighted by molar-refractivity contribution is 5.61. The summed E-state index contributed by atoms with van der Waals surface area (Å²) in [6.07, 6.45) is 1.64. The molecule has 0 radical (unpaired) electrons. The second-order valence-corrected chi connectivity index (χ2v) is 4.91. The van der Waals surface area contributed by atoms with E-state index in [1.807, 2.05) is 13.8 Å². The van der Waals surface area contributed by atoms with Crippen molar-refractivity contribution in [2.75, 3.05) is 0 Å². The molecule has 0 saturated heterocycles. The second kappa shape index (κ2) is 5.83. The van der Waals surface area contributed by atoms with Crippen molar-refractivity contribution in [3.05, 3.63) is 46.0 Å². The maximum absolute atomic E-state index is 10.8. The number of nitrogens with zero attached hydrogens (tertiary/aromatic N) is 2. The molecular weight excluding hydrogens is 258 g/mol. The van der Waals surface area contributed by atoms with Gasteiger partial charge in [0.1, 0.15) is 0 Å². The maximum atomic E-state index is 10.8. The Labute approximate surface area is 117 Å². The minimum absolute atomic E-state index is 0.106. The first kappa shape index (κ1) is 14.2. The van der Waals surface area contributed by atoms with E-state index in [0.717, 1.165) is 5.56 Å². The van der Waals surface area contributed by atoms with Gasteiger partial charge in [0, 0.05) is 23.2 Å². The number of benzene rings is 1. The zero-order valence-corrected chi connectivity index (χ0v) is 11.7. The van der Waals surface area contributed by atoms with Crippen LogP contribution in [0.4, 0.5) is 5.69 Å². The maximum Gasteiger partial charge on any atom is 0.272 e. The predicted octanol–water partition coefficient (Wildman–Crippen LogP) is 3.06. The van der Waals surface area contributed by atoms with Crippen molar-refractivity contribution < 1.29 is 9.34 Å². The Morgan fingerprint density at radius 2 is 2.20 bits per heavy atom. The molecule has 0 spiro atoms. The number of nitro benzene ring substituents is 1. The molecule has 0 aliphatic carbocycles. The molecule has 0 aliphatic heterocycles. The summed E-state index contributed by atoms with van der Waals surface area (Å²) in [6, 6.07) is 5.25. The molecule has 1 N–H and O–H groups in total. The van der Waals surface area contributed by atoms with Gasteiger partial charge in [0.2, 0.25) is 5.89 Å². The van der Waals surface area contributed by atoms with Crippen LogP contribution in [0.5, 0.6) is 0 Å². The van der Waals surface area contributed by atoms with Crippen molar-refractivity contribution in [2.45, 2.75) is 33.4 Å². The molecule has 2 rings (SSSR count). The molecule has 2 aromatic rings. The van der Waals surface area contributed by atoms with Gasteiger partial charge in [-0.25, -0.2) is 4.98 Å². The molecule has 1 aromatic heterocycles. The number of nitro groups is 1. The summed E-state index contributed by atoms with van der Waals surface area (Å²) in [5.74, 6) is 1.22. The number of hydrogen-bond donors (Lipinski definition) is 1. The fraction of sp³-hybridized carbons (Fsp3) is 0.357. The van der Waals surface area contributed by atoms with Crippen molar-refractivity contribution in [2.24, 2.45) is 0 Å². The van der Waals surface area contributed by atoms with Gasteiger partial charge in [0.25, 0.3) is 5.69 Å². The number of oxazole rings is 1. The molecule has 20 heavy (non-hydrogen) atoms. The van der Waals surface area contributed by atoms with Gasteiger partial charge in [-0.3, -0.25) is 10.1 Å². The lowest BCUT2D eigenvalue weighted by Crippen LogP contribution is -2.21. The van der Waals surface area contributed by atoms with Gasteiger partial charge in [-0.1, -0.05) is 13.8 Å². The van der Waals surface area contributed by atoms with Crippen molar-refractivity contribution in [1.29, 1.82) is 0 Å². The SMILES string of the molecule is Cc1cc(-c2cnc(CNC(C)C)o2)ccc1[N+](=O)[O-]. The first-order valence-electron chi connectivity index (χ1n) is 6.41. The van der Waals surface area contributed by atoms with Crippen LogP contribution in [0, 0.1) is 17.0 Å². The van der Waals surface area contributed by atoms with E-state index in [9.17, 15) is 10.1 Å². The molecule has 6 nitrogen and oxygen atoms in total. The summed E-state index contributed by atoms with van der Waals surface area (Å²) in [7, 11) is 0. The number of aromatic nitrogens is 1. The van der Waals surface area contributed by atoms with Crippen LogP contribution in [0.25, 0.3) is 11.3 Å². The third kappa shape index (κ3) is 3.21. The summed E-state index contributed by atoms with van der Waals surface area (Å²) in [5.41, 5.74) is 1.50. The van der Waals surface area contributed by atoms with Crippen LogP contribution in [0.15, 0.2) is 28.8 Å². The third-order valence-corrected chi connectivity index (χ3v) is 2.89. The van der Waals surface area contributed by atoms with E-state index in [2.05, 4.69) is 10.3 Å². The molecule has 0 unspecified atom stereocenters. The number of rotatable bonds is 5. The molecule has 1 heterocycles. The standard InChI is InChI=1S/C14H17N3O3/c1-9(2)15-8-14-16-7-13(20-14)11-4-5-12(17(18)19)10(3)6-11/h4-7,9,15H,8H2,1-3H3. The lowest BCUT2D eigenvalue weighted by molar-refractivity contribution is -0.385. The second-order valence-electron chi connectivity index (χ2n) is 4.91. The minimum atomic E-state index is -0.391. The van der Waals surface area contributed by atoms with Gasteiger partial charge in [0.15, 0.2) is 5.76 Å². The molecule has 1 aromatic carbocycles. The van der Waals surface area contributed by atoms with Crippen molar-refractivity contribution in [1.82, 2.24) is 10.3 Å². The lowest BCUT2D eigenvalue weighted by atomic mass is 10.1. The molecule has 0 amide bonds. The smallest absolute Gasteiger partial charge is 0.272 e. The highest BCUT2D eigenvalue weighted by atomic mass is 16.6. The zero-order valence-electron chi connectivity index (χ0n) is 11.7. The molecule has 0 aliphatic rings. The van der Waals surface area contributed by atoms with Gasteiger partial charge < -0.3 is 9.73 Å². The van der Waals surface area contributed by atoms with Gasteiger partial charge >= 0.3 is 0 Å². The largest absolute Gasteiger partial charge is 0.439 e. The molecule has 6 heteroatoms. The quantitative estimate of drug-likeness (QED) is 0.670. The van der Waals surface area contributed by atoms with E-state index in [-0.39, 0.29) is 5.69 Å². The summed E-state index contributed by atoms with van der Waals surface area (Å²) >= 11 is 0. The fourth-order valence-corrected chi connectivity index (χ4v) is 1.83. The Morgan fingerprint density at radius 1 is 1.45 bits per heavy atom. The Hall–Kier alpha value is -2.21. The van der Waals surface area contributed by atoms with Gasteiger partial charge in [-0.2, -0.15) is 0 Å². The highest BCUT2D eigenvalue weighted by Gasteiger charge is 2.13. The van der Waals surface area contributed by atoms with Crippen LogP contribution in [0.2, 0.25) is 0 Å². The van der Waals surface area contributed by atoms with Crippen molar-refractivity contribution >= 4 is 5.69 Å². The minimum Gasteiger partial charge on any atom is -0.439 e. The zero-order chi connectivity index (χ0) is 14.7. The van der Waals surface area contributed by atoms with E-state index in [1.54, 1.807) is 25.3 Å². The predicted molar refractivity (Wildman–Crippen MR) is 75.3 cm³/mol. The van der Waals surface area contributed by atoms with Crippen LogP contribution in [0.1, 0.15) is 25.3 Å². The van der Waals surface area contributed by atoms with E-state index in [0.29, 0.717) is 29.8 Å². The molecule has 0 atom stereocenters. The normalized spacial score (nSPS) is 11.0. The van der Waals surface area contributed by atoms with Crippen molar-refractivity contribution in [3.8, 4) is 11.3 Å². The summed E-state index contributed by atoms with van der Waals surface area (Å²) in [5, 5.41) is 14.0. The van der Waals surface area contributed by atoms with Gasteiger partial charge in [0.05, 0.1) is 17.7 Å². The summed E-state index contributed by atoms with van der Waals surface area (Å²) < 4.78 is 5.63. The molecule has 0 bridgehead atoms. The molecule has 0 fully saturated rings. The Kier molecular flexibility index (Phi) is 4.14. The van der Waals surface area contributed by atoms with E-state index < -0.39 is 4.92 Å². The molecular formula is C14H17N3O3. The van der Waals surface area contributed by atoms with Gasteiger partial charge in [-0.05, 0) is 19.1 Å². The number of hydrogen-bond acceptors (Lipinski definition) is 5. The van der Waals surface area contributed by atoms with Crippen LogP contribution in [-0.2, 0) is 6.54 Å². The monoisotopic (exact) mass is 275 g/mol. The number of nitrogens with one attached hydrogen (secondary N) is 1. The number of aryl methyl sites for hydroxylation is 1. The van der Waals surface area contributed by atoms with E-state index in [1.165, 1.54) is 6.07 Å². The molecule has 106 valence electrons. The average Bonchev–Trinajstić information content (AvgIpc) is 2.84. The van der Waals surface area contributed by atoms with E-state index in [4.69, 9.17) is 4.42 Å². The van der Waals surface area contributed by atoms with Gasteiger partial charge in [-0.15, -0.1) is 0 Å². The Balaban J connectivity index is 2.20.